The summed E-state index contributed by atoms with van der Waals surface area (Å²) in [5, 5.41) is 10.1. The molecule has 202 valence electrons. The Morgan fingerprint density at radius 3 is 2.66 bits per heavy atom. The largest absolute Gasteiger partial charge is 0.484 e. The Balaban J connectivity index is 1.51. The maximum absolute atomic E-state index is 13.9. The van der Waals surface area contributed by atoms with Crippen molar-refractivity contribution < 1.29 is 23.4 Å². The summed E-state index contributed by atoms with van der Waals surface area (Å²) < 4.78 is 34.1. The number of carbonyl (C=O) groups is 1. The van der Waals surface area contributed by atoms with Crippen LogP contribution in [0.4, 0.5) is 8.78 Å². The normalized spacial score (nSPS) is 17.1. The Morgan fingerprint density at radius 1 is 1.24 bits per heavy atom. The van der Waals surface area contributed by atoms with Crippen molar-refractivity contribution in [2.24, 2.45) is 5.92 Å². The van der Waals surface area contributed by atoms with Crippen molar-refractivity contribution in [1.29, 1.82) is 0 Å². The van der Waals surface area contributed by atoms with Crippen LogP contribution in [0.2, 0.25) is 0 Å². The molecular weight excluding hydrogens is 488 g/mol. The molecule has 1 aliphatic heterocycles. The first-order valence-electron chi connectivity index (χ1n) is 13.1. The summed E-state index contributed by atoms with van der Waals surface area (Å²) in [6.45, 7) is 6.86. The molecule has 3 aromatic rings. The predicted octanol–water partition coefficient (Wildman–Crippen LogP) is 6.54. The Kier molecular flexibility index (Phi) is 8.68. The summed E-state index contributed by atoms with van der Waals surface area (Å²) in [5.74, 6) is 2.91. The average Bonchev–Trinajstić information content (AvgIpc) is 3.24. The van der Waals surface area contributed by atoms with Crippen molar-refractivity contribution in [2.45, 2.75) is 70.9 Å². The molecule has 1 aromatic carbocycles. The highest BCUT2D eigenvalue weighted by Gasteiger charge is 2.35. The average molecular weight is 524 g/mol. The van der Waals surface area contributed by atoms with E-state index in [2.05, 4.69) is 30.7 Å². The minimum atomic E-state index is -2.63. The Morgan fingerprint density at radius 2 is 2.00 bits per heavy atom. The number of likely N-dealkylation sites (tertiary alicyclic amines) is 1. The van der Waals surface area contributed by atoms with Crippen molar-refractivity contribution >= 4 is 17.0 Å². The van der Waals surface area contributed by atoms with Crippen LogP contribution >= 0.6 is 0 Å². The summed E-state index contributed by atoms with van der Waals surface area (Å²) in [4.78, 5) is 21.1. The molecule has 0 bridgehead atoms. The monoisotopic (exact) mass is 523 g/mol. The summed E-state index contributed by atoms with van der Waals surface area (Å²) in [6, 6.07) is 11.3. The molecule has 1 aliphatic rings. The number of carboxylic acids is 1. The number of carboxylic acid groups (broad SMARTS) is 1. The number of H-pyrrole nitrogens is 1. The minimum absolute atomic E-state index is 0.0436. The lowest BCUT2D eigenvalue weighted by Crippen LogP contribution is -2.41. The van der Waals surface area contributed by atoms with Gasteiger partial charge in [-0.15, -0.1) is 5.92 Å². The van der Waals surface area contributed by atoms with Gasteiger partial charge in [-0.3, -0.25) is 9.69 Å². The fourth-order valence-electron chi connectivity index (χ4n) is 5.01. The van der Waals surface area contributed by atoms with Crippen LogP contribution in [0.3, 0.4) is 0 Å². The van der Waals surface area contributed by atoms with Crippen LogP contribution in [0.15, 0.2) is 42.6 Å². The number of halogens is 2. The van der Waals surface area contributed by atoms with Crippen molar-refractivity contribution in [1.82, 2.24) is 14.9 Å². The second-order valence-electron chi connectivity index (χ2n) is 10.5. The predicted molar refractivity (Wildman–Crippen MR) is 143 cm³/mol. The molecule has 0 aliphatic carbocycles. The first-order valence-corrected chi connectivity index (χ1v) is 13.1. The number of fused-ring (bicyclic) bond motifs is 1. The zero-order chi connectivity index (χ0) is 27.3. The Labute approximate surface area is 222 Å². The number of aromatic amines is 1. The molecule has 1 fully saturated rings. The zero-order valence-corrected chi connectivity index (χ0v) is 22.1. The molecule has 0 saturated carbocycles. The molecule has 3 heterocycles. The van der Waals surface area contributed by atoms with Gasteiger partial charge < -0.3 is 14.8 Å². The summed E-state index contributed by atoms with van der Waals surface area (Å²) in [6.07, 6.45) is 2.72. The van der Waals surface area contributed by atoms with Crippen LogP contribution in [-0.4, -0.2) is 45.0 Å². The van der Waals surface area contributed by atoms with E-state index in [9.17, 15) is 18.7 Å². The number of benzene rings is 1. The van der Waals surface area contributed by atoms with E-state index in [1.165, 1.54) is 0 Å². The molecule has 0 amide bonds. The van der Waals surface area contributed by atoms with E-state index in [0.29, 0.717) is 36.8 Å². The fraction of sp³-hybridized carbons (Fsp3) is 0.467. The van der Waals surface area contributed by atoms with E-state index >= 15 is 0 Å². The molecule has 2 aromatic heterocycles. The lowest BCUT2D eigenvalue weighted by atomic mass is 9.96. The molecule has 1 saturated heterocycles. The smallest absolute Gasteiger partial charge is 0.304 e. The van der Waals surface area contributed by atoms with Crippen molar-refractivity contribution in [3.63, 3.8) is 0 Å². The van der Waals surface area contributed by atoms with Gasteiger partial charge in [0.15, 0.2) is 0 Å². The number of piperidine rings is 1. The standard InChI is InChI=1S/C30H35F2N3O3/c1-4-6-22(16-28(36)37)21-7-9-24(10-8-21)38-27(15-20(2)3)26-12-11-25-23(17-33-29(25)34-26)18-35-14-5-13-30(31,32)19-35/h7-12,17,20,22,27H,5,13-16,18-19H2,1-3H3,(H,33,34)(H,36,37). The third kappa shape index (κ3) is 7.11. The van der Waals surface area contributed by atoms with E-state index < -0.39 is 11.9 Å². The Bertz CT molecular complexity index is 1310. The van der Waals surface area contributed by atoms with Gasteiger partial charge in [0.25, 0.3) is 5.92 Å². The number of aliphatic carboxylic acids is 1. The van der Waals surface area contributed by atoms with Gasteiger partial charge in [-0.1, -0.05) is 31.9 Å². The second kappa shape index (κ2) is 12.0. The number of pyridine rings is 1. The highest BCUT2D eigenvalue weighted by Crippen LogP contribution is 2.32. The van der Waals surface area contributed by atoms with Gasteiger partial charge in [0.2, 0.25) is 0 Å². The molecule has 2 N–H and O–H groups in total. The van der Waals surface area contributed by atoms with E-state index in [1.54, 1.807) is 6.92 Å². The number of nitrogens with one attached hydrogen (secondary N) is 1. The number of nitrogens with zero attached hydrogens (tertiary/aromatic N) is 2. The van der Waals surface area contributed by atoms with Crippen molar-refractivity contribution in [2.75, 3.05) is 13.1 Å². The number of aromatic nitrogens is 2. The molecule has 2 atom stereocenters. The fourth-order valence-corrected chi connectivity index (χ4v) is 5.01. The van der Waals surface area contributed by atoms with Gasteiger partial charge >= 0.3 is 5.97 Å². The third-order valence-corrected chi connectivity index (χ3v) is 6.79. The van der Waals surface area contributed by atoms with Crippen molar-refractivity contribution in [3.8, 4) is 17.6 Å². The molecule has 4 rings (SSSR count). The molecular formula is C30H35F2N3O3. The molecule has 2 unspecified atom stereocenters. The van der Waals surface area contributed by atoms with Gasteiger partial charge in [-0.25, -0.2) is 13.8 Å². The van der Waals surface area contributed by atoms with Crippen LogP contribution in [0.5, 0.6) is 5.75 Å². The van der Waals surface area contributed by atoms with Crippen LogP contribution in [0.25, 0.3) is 11.0 Å². The second-order valence-corrected chi connectivity index (χ2v) is 10.5. The molecule has 0 radical (unpaired) electrons. The number of rotatable bonds is 10. The molecule has 6 nitrogen and oxygen atoms in total. The topological polar surface area (TPSA) is 78.5 Å². The summed E-state index contributed by atoms with van der Waals surface area (Å²) >= 11 is 0. The Hall–Kier alpha value is -3.44. The number of ether oxygens (including phenoxy) is 1. The summed E-state index contributed by atoms with van der Waals surface area (Å²) in [5.41, 5.74) is 3.29. The summed E-state index contributed by atoms with van der Waals surface area (Å²) in [7, 11) is 0. The van der Waals surface area contributed by atoms with Crippen LogP contribution in [0.1, 0.15) is 75.3 Å². The maximum Gasteiger partial charge on any atom is 0.304 e. The number of hydrogen-bond acceptors (Lipinski definition) is 4. The van der Waals surface area contributed by atoms with Gasteiger partial charge in [-0.05, 0) is 67.6 Å². The number of alkyl halides is 2. The first kappa shape index (κ1) is 27.6. The van der Waals surface area contributed by atoms with Gasteiger partial charge in [-0.2, -0.15) is 0 Å². The van der Waals surface area contributed by atoms with E-state index in [1.807, 2.05) is 47.5 Å². The lowest BCUT2D eigenvalue weighted by Gasteiger charge is -2.32. The van der Waals surface area contributed by atoms with E-state index in [4.69, 9.17) is 9.72 Å². The van der Waals surface area contributed by atoms with E-state index in [0.717, 1.165) is 28.6 Å². The maximum atomic E-state index is 13.9. The molecule has 0 spiro atoms. The highest BCUT2D eigenvalue weighted by atomic mass is 19.3. The third-order valence-electron chi connectivity index (χ3n) is 6.79. The SMILES string of the molecule is CC#CC(CC(=O)O)c1ccc(OC(CC(C)C)c2ccc3c(CN4CCCC(F)(F)C4)c[nH]c3n2)cc1. The van der Waals surface area contributed by atoms with Gasteiger partial charge in [0, 0.05) is 24.5 Å². The minimum Gasteiger partial charge on any atom is -0.484 e. The lowest BCUT2D eigenvalue weighted by molar-refractivity contribution is -0.137. The van der Waals surface area contributed by atoms with E-state index in [-0.39, 0.29) is 31.4 Å². The van der Waals surface area contributed by atoms with Crippen LogP contribution in [0, 0.1) is 17.8 Å². The van der Waals surface area contributed by atoms with Crippen molar-refractivity contribution in [3.05, 3.63) is 59.4 Å². The van der Waals surface area contributed by atoms with Crippen LogP contribution < -0.4 is 4.74 Å². The number of hydrogen-bond donors (Lipinski definition) is 2. The quantitative estimate of drug-likeness (QED) is 0.295. The zero-order valence-electron chi connectivity index (χ0n) is 22.1. The van der Waals surface area contributed by atoms with Crippen LogP contribution in [-0.2, 0) is 11.3 Å². The van der Waals surface area contributed by atoms with Gasteiger partial charge in [0.05, 0.1) is 24.6 Å². The highest BCUT2D eigenvalue weighted by molar-refractivity contribution is 5.79. The molecule has 38 heavy (non-hydrogen) atoms. The van der Waals surface area contributed by atoms with Gasteiger partial charge in [0.1, 0.15) is 17.5 Å². The first-order chi connectivity index (χ1) is 18.1. The molecule has 8 heteroatoms.